The molecule has 1 aliphatic rings. The molecule has 0 aliphatic carbocycles. The highest BCUT2D eigenvalue weighted by Crippen LogP contribution is 2.40. The molecule has 2 N–H and O–H groups in total. The third-order valence-corrected chi connectivity index (χ3v) is 5.93. The van der Waals surface area contributed by atoms with Crippen LogP contribution < -0.4 is 10.1 Å². The molecule has 2 aromatic rings. The quantitative estimate of drug-likeness (QED) is 0.545. The summed E-state index contributed by atoms with van der Waals surface area (Å²) in [5, 5.41) is 12.0. The summed E-state index contributed by atoms with van der Waals surface area (Å²) in [5.74, 6) is -0.469. The SMILES string of the molecule is CCCCCC(C(=O)Nc1ccc(C(=O)O)cc1)c1ccc2c(c1)OCCC2(C)C. The van der Waals surface area contributed by atoms with Gasteiger partial charge in [-0.05, 0) is 59.7 Å². The maximum atomic E-state index is 13.2. The van der Waals surface area contributed by atoms with Crippen molar-refractivity contribution in [3.8, 4) is 5.75 Å². The van der Waals surface area contributed by atoms with Crippen molar-refractivity contribution in [3.63, 3.8) is 0 Å². The maximum Gasteiger partial charge on any atom is 0.335 e. The zero-order valence-electron chi connectivity index (χ0n) is 18.0. The molecule has 0 radical (unpaired) electrons. The molecule has 0 fully saturated rings. The fourth-order valence-corrected chi connectivity index (χ4v) is 3.96. The highest BCUT2D eigenvalue weighted by atomic mass is 16.5. The van der Waals surface area contributed by atoms with E-state index in [1.165, 1.54) is 17.7 Å². The molecule has 5 heteroatoms. The number of aromatic carboxylic acids is 1. The number of carbonyl (C=O) groups excluding carboxylic acids is 1. The highest BCUT2D eigenvalue weighted by Gasteiger charge is 2.30. The molecule has 1 heterocycles. The van der Waals surface area contributed by atoms with Crippen molar-refractivity contribution in [2.45, 2.75) is 64.2 Å². The molecule has 1 aliphatic heterocycles. The smallest absolute Gasteiger partial charge is 0.335 e. The molecule has 5 nitrogen and oxygen atoms in total. The van der Waals surface area contributed by atoms with Crippen molar-refractivity contribution in [2.24, 2.45) is 0 Å². The number of benzene rings is 2. The number of unbranched alkanes of at least 4 members (excludes halogenated alkanes) is 2. The fourth-order valence-electron chi connectivity index (χ4n) is 3.96. The first-order valence-electron chi connectivity index (χ1n) is 10.7. The number of hydrogen-bond donors (Lipinski definition) is 2. The Balaban J connectivity index is 1.83. The van der Waals surface area contributed by atoms with Gasteiger partial charge in [-0.3, -0.25) is 4.79 Å². The Hall–Kier alpha value is -2.82. The van der Waals surface area contributed by atoms with Gasteiger partial charge in [-0.2, -0.15) is 0 Å². The van der Waals surface area contributed by atoms with Gasteiger partial charge in [0, 0.05) is 5.69 Å². The van der Waals surface area contributed by atoms with Crippen molar-refractivity contribution < 1.29 is 19.4 Å². The average molecular weight is 410 g/mol. The number of ether oxygens (including phenoxy) is 1. The lowest BCUT2D eigenvalue weighted by Gasteiger charge is -2.33. The van der Waals surface area contributed by atoms with Gasteiger partial charge in [-0.15, -0.1) is 0 Å². The summed E-state index contributed by atoms with van der Waals surface area (Å²) in [7, 11) is 0. The summed E-state index contributed by atoms with van der Waals surface area (Å²) in [6.45, 7) is 7.28. The molecular weight excluding hydrogens is 378 g/mol. The van der Waals surface area contributed by atoms with Gasteiger partial charge in [0.05, 0.1) is 18.1 Å². The largest absolute Gasteiger partial charge is 0.493 e. The Kier molecular flexibility index (Phi) is 6.80. The first kappa shape index (κ1) is 21.9. The molecule has 3 rings (SSSR count). The second kappa shape index (κ2) is 9.33. The second-order valence-electron chi connectivity index (χ2n) is 8.66. The molecular formula is C25H31NO4. The number of carboxylic acids is 1. The van der Waals surface area contributed by atoms with Crippen LogP contribution >= 0.6 is 0 Å². The highest BCUT2D eigenvalue weighted by molar-refractivity contribution is 5.96. The molecule has 0 aromatic heterocycles. The predicted molar refractivity (Wildman–Crippen MR) is 118 cm³/mol. The van der Waals surface area contributed by atoms with Crippen molar-refractivity contribution in [1.82, 2.24) is 0 Å². The molecule has 160 valence electrons. The maximum absolute atomic E-state index is 13.2. The van der Waals surface area contributed by atoms with Gasteiger partial charge >= 0.3 is 5.97 Å². The standard InChI is InChI=1S/C25H31NO4/c1-4-5-6-7-20(23(27)26-19-11-8-17(9-12-19)24(28)29)18-10-13-21-22(16-18)30-15-14-25(21,2)3/h8-13,16,20H,4-7,14-15H2,1-3H3,(H,26,27)(H,28,29). The monoisotopic (exact) mass is 409 g/mol. The first-order chi connectivity index (χ1) is 14.3. The Morgan fingerprint density at radius 3 is 2.53 bits per heavy atom. The van der Waals surface area contributed by atoms with Crippen LogP contribution in [-0.4, -0.2) is 23.6 Å². The van der Waals surface area contributed by atoms with Gasteiger partial charge in [0.1, 0.15) is 5.75 Å². The van der Waals surface area contributed by atoms with Crippen molar-refractivity contribution >= 4 is 17.6 Å². The van der Waals surface area contributed by atoms with Crippen molar-refractivity contribution in [3.05, 3.63) is 59.2 Å². The number of carbonyl (C=O) groups is 2. The molecule has 30 heavy (non-hydrogen) atoms. The number of amides is 1. The Labute approximate surface area is 178 Å². The van der Waals surface area contributed by atoms with E-state index in [1.807, 2.05) is 6.07 Å². The molecule has 2 aromatic carbocycles. The van der Waals surface area contributed by atoms with Crippen LogP contribution in [0.5, 0.6) is 5.75 Å². The molecule has 1 amide bonds. The predicted octanol–water partition coefficient (Wildman–Crippen LogP) is 5.75. The van der Waals surface area contributed by atoms with E-state index in [9.17, 15) is 9.59 Å². The fraction of sp³-hybridized carbons (Fsp3) is 0.440. The van der Waals surface area contributed by atoms with E-state index in [2.05, 4.69) is 38.2 Å². The Bertz CT molecular complexity index is 902. The molecule has 0 spiro atoms. The lowest BCUT2D eigenvalue weighted by atomic mass is 9.78. The lowest BCUT2D eigenvalue weighted by Crippen LogP contribution is -2.27. The normalized spacial score (nSPS) is 15.6. The topological polar surface area (TPSA) is 75.6 Å². The summed E-state index contributed by atoms with van der Waals surface area (Å²) in [6.07, 6.45) is 4.87. The van der Waals surface area contributed by atoms with Gasteiger partial charge in [-0.1, -0.05) is 52.2 Å². The molecule has 0 saturated carbocycles. The molecule has 1 atom stereocenters. The van der Waals surface area contributed by atoms with Crippen molar-refractivity contribution in [2.75, 3.05) is 11.9 Å². The number of fused-ring (bicyclic) bond motifs is 1. The van der Waals surface area contributed by atoms with Crippen molar-refractivity contribution in [1.29, 1.82) is 0 Å². The van der Waals surface area contributed by atoms with Crippen LogP contribution in [0.25, 0.3) is 0 Å². The van der Waals surface area contributed by atoms with E-state index in [4.69, 9.17) is 9.84 Å². The summed E-state index contributed by atoms with van der Waals surface area (Å²) in [6, 6.07) is 12.4. The van der Waals surface area contributed by atoms with Gasteiger partial charge in [-0.25, -0.2) is 4.79 Å². The van der Waals surface area contributed by atoms with Crippen LogP contribution in [0.2, 0.25) is 0 Å². The third-order valence-electron chi connectivity index (χ3n) is 5.93. The molecule has 0 bridgehead atoms. The first-order valence-corrected chi connectivity index (χ1v) is 10.7. The summed E-state index contributed by atoms with van der Waals surface area (Å²) in [5.41, 5.74) is 3.01. The van der Waals surface area contributed by atoms with Crippen LogP contribution in [0.1, 0.15) is 80.3 Å². The lowest BCUT2D eigenvalue weighted by molar-refractivity contribution is -0.117. The van der Waals surface area contributed by atoms with Crippen LogP contribution in [0.3, 0.4) is 0 Å². The number of nitrogens with one attached hydrogen (secondary N) is 1. The zero-order chi connectivity index (χ0) is 21.7. The van der Waals surface area contributed by atoms with E-state index >= 15 is 0 Å². The van der Waals surface area contributed by atoms with Crippen LogP contribution in [0, 0.1) is 0 Å². The molecule has 1 unspecified atom stereocenters. The molecule has 0 saturated heterocycles. The van der Waals surface area contributed by atoms with Gasteiger partial charge < -0.3 is 15.2 Å². The summed E-state index contributed by atoms with van der Waals surface area (Å²) in [4.78, 5) is 24.2. The number of carboxylic acid groups (broad SMARTS) is 1. The van der Waals surface area contributed by atoms with Gasteiger partial charge in [0.2, 0.25) is 5.91 Å². The number of anilines is 1. The minimum Gasteiger partial charge on any atom is -0.493 e. The Morgan fingerprint density at radius 1 is 1.13 bits per heavy atom. The summed E-state index contributed by atoms with van der Waals surface area (Å²) < 4.78 is 5.92. The van der Waals surface area contributed by atoms with E-state index in [-0.39, 0.29) is 22.8 Å². The van der Waals surface area contributed by atoms with Gasteiger partial charge in [0.15, 0.2) is 0 Å². The van der Waals surface area contributed by atoms with Crippen LogP contribution in [0.15, 0.2) is 42.5 Å². The van der Waals surface area contributed by atoms with Crippen LogP contribution in [-0.2, 0) is 10.2 Å². The van der Waals surface area contributed by atoms with Gasteiger partial charge in [0.25, 0.3) is 0 Å². The number of rotatable bonds is 8. The number of hydrogen-bond acceptors (Lipinski definition) is 3. The zero-order valence-corrected chi connectivity index (χ0v) is 18.0. The average Bonchev–Trinajstić information content (AvgIpc) is 2.71. The van der Waals surface area contributed by atoms with Crippen LogP contribution in [0.4, 0.5) is 5.69 Å². The second-order valence-corrected chi connectivity index (χ2v) is 8.66. The minimum absolute atomic E-state index is 0.0674. The summed E-state index contributed by atoms with van der Waals surface area (Å²) >= 11 is 0. The van der Waals surface area contributed by atoms with E-state index in [1.54, 1.807) is 12.1 Å². The van der Waals surface area contributed by atoms with E-state index in [0.717, 1.165) is 43.4 Å². The third kappa shape index (κ3) is 5.02. The Morgan fingerprint density at radius 2 is 1.87 bits per heavy atom. The van der Waals surface area contributed by atoms with E-state index < -0.39 is 5.97 Å². The minimum atomic E-state index is -0.984. The van der Waals surface area contributed by atoms with E-state index in [0.29, 0.717) is 12.3 Å².